The zero-order valence-electron chi connectivity index (χ0n) is 17.7. The van der Waals surface area contributed by atoms with Crippen LogP contribution < -0.4 is 5.01 Å². The van der Waals surface area contributed by atoms with E-state index in [0.717, 1.165) is 24.9 Å². The van der Waals surface area contributed by atoms with Gasteiger partial charge in [-0.15, -0.1) is 0 Å². The fraction of sp³-hybridized carbons (Fsp3) is 0.600. The van der Waals surface area contributed by atoms with Crippen molar-refractivity contribution in [3.63, 3.8) is 0 Å². The first-order valence-electron chi connectivity index (χ1n) is 11.2. The predicted octanol–water partition coefficient (Wildman–Crippen LogP) is 5.96. The number of ketones is 1. The maximum Gasteiger partial charge on any atom is 0.133 e. The Kier molecular flexibility index (Phi) is 4.27. The number of hydrazone groups is 1. The monoisotopic (exact) mass is 394 g/mol. The normalized spacial score (nSPS) is 40.7. The summed E-state index contributed by atoms with van der Waals surface area (Å²) in [4.78, 5) is 12.3. The van der Waals surface area contributed by atoms with Gasteiger partial charge in [0.05, 0.1) is 5.69 Å². The van der Waals surface area contributed by atoms with Gasteiger partial charge in [0.25, 0.3) is 0 Å². The largest absolute Gasteiger partial charge is 0.300 e. The summed E-state index contributed by atoms with van der Waals surface area (Å²) >= 11 is 0. The van der Waals surface area contributed by atoms with E-state index in [1.807, 2.05) is 5.01 Å². The van der Waals surface area contributed by atoms with Crippen LogP contribution in [-0.2, 0) is 4.79 Å². The third-order valence-corrected chi connectivity index (χ3v) is 8.92. The molecule has 0 aromatic heterocycles. The van der Waals surface area contributed by atoms with E-state index >= 15 is 0 Å². The zero-order valence-corrected chi connectivity index (χ0v) is 17.7. The van der Waals surface area contributed by atoms with Crippen LogP contribution in [0.25, 0.3) is 0 Å². The van der Waals surface area contributed by atoms with Gasteiger partial charge in [-0.2, -0.15) is 5.10 Å². The minimum atomic E-state index is -0.224. The Hall–Kier alpha value is -1.97. The third-order valence-electron chi connectivity index (χ3n) is 8.92. The van der Waals surface area contributed by atoms with E-state index in [1.165, 1.54) is 37.1 Å². The molecule has 6 atom stereocenters. The van der Waals surface area contributed by atoms with Crippen molar-refractivity contribution < 1.29 is 9.18 Å². The Bertz CT molecular complexity index is 891. The molecule has 3 nitrogen and oxygen atoms in total. The summed E-state index contributed by atoms with van der Waals surface area (Å²) in [6.45, 7) is 6.55. The molecule has 0 saturated heterocycles. The Morgan fingerprint density at radius 1 is 1.10 bits per heavy atom. The summed E-state index contributed by atoms with van der Waals surface area (Å²) in [5.41, 5.74) is 2.34. The average Bonchev–Trinajstić information content (AvgIpc) is 3.05. The third kappa shape index (κ3) is 2.74. The number of halogens is 1. The molecule has 1 aliphatic heterocycles. The second kappa shape index (κ2) is 6.52. The number of carbonyl (C=O) groups excluding carboxylic acids is 1. The van der Waals surface area contributed by atoms with Gasteiger partial charge >= 0.3 is 0 Å². The molecule has 1 aromatic carbocycles. The maximum absolute atomic E-state index is 13.3. The van der Waals surface area contributed by atoms with Gasteiger partial charge in [0.1, 0.15) is 11.6 Å². The SMILES string of the molecule is CC(=O)[C@H]1CC[C@H]2[C@@H]3CCC4=NN(c5ccc(F)cc5)C=C[C@]4(C)[C@H]3CC[C@]12C. The number of rotatable bonds is 2. The van der Waals surface area contributed by atoms with E-state index in [2.05, 4.69) is 26.1 Å². The van der Waals surface area contributed by atoms with Crippen LogP contribution in [0.3, 0.4) is 0 Å². The molecule has 0 amide bonds. The summed E-state index contributed by atoms with van der Waals surface area (Å²) < 4.78 is 13.3. The lowest BCUT2D eigenvalue weighted by molar-refractivity contribution is -0.126. The van der Waals surface area contributed by atoms with E-state index < -0.39 is 0 Å². The van der Waals surface area contributed by atoms with Crippen molar-refractivity contribution in [1.29, 1.82) is 0 Å². The highest BCUT2D eigenvalue weighted by molar-refractivity contribution is 5.94. The molecule has 29 heavy (non-hydrogen) atoms. The molecule has 0 spiro atoms. The molecule has 1 aromatic rings. The summed E-state index contributed by atoms with van der Waals surface area (Å²) in [5.74, 6) is 2.38. The van der Waals surface area contributed by atoms with Gasteiger partial charge in [0, 0.05) is 23.2 Å². The number of fused-ring (bicyclic) bond motifs is 5. The number of carbonyl (C=O) groups is 1. The van der Waals surface area contributed by atoms with E-state index in [1.54, 1.807) is 19.1 Å². The van der Waals surface area contributed by atoms with Gasteiger partial charge in [-0.3, -0.25) is 4.79 Å². The van der Waals surface area contributed by atoms with Crippen LogP contribution >= 0.6 is 0 Å². The summed E-state index contributed by atoms with van der Waals surface area (Å²) in [5, 5.41) is 6.89. The van der Waals surface area contributed by atoms with E-state index in [9.17, 15) is 9.18 Å². The van der Waals surface area contributed by atoms with Gasteiger partial charge in [-0.05, 0) is 92.9 Å². The average molecular weight is 395 g/mol. The first-order valence-corrected chi connectivity index (χ1v) is 11.2. The number of anilines is 1. The molecule has 0 bridgehead atoms. The molecule has 4 heteroatoms. The smallest absolute Gasteiger partial charge is 0.133 e. The summed E-state index contributed by atoms with van der Waals surface area (Å²) in [6.07, 6.45) is 11.2. The van der Waals surface area contributed by atoms with Crippen LogP contribution in [0.4, 0.5) is 10.1 Å². The molecule has 3 aliphatic carbocycles. The predicted molar refractivity (Wildman–Crippen MR) is 114 cm³/mol. The van der Waals surface area contributed by atoms with Crippen LogP contribution in [0, 0.1) is 40.3 Å². The minimum Gasteiger partial charge on any atom is -0.300 e. The highest BCUT2D eigenvalue weighted by Gasteiger charge is 2.59. The summed E-state index contributed by atoms with van der Waals surface area (Å²) in [6, 6.07) is 6.54. The fourth-order valence-electron chi connectivity index (χ4n) is 7.39. The molecular formula is C25H31FN2O. The lowest BCUT2D eigenvalue weighted by Gasteiger charge is -2.56. The van der Waals surface area contributed by atoms with E-state index in [0.29, 0.717) is 23.5 Å². The first kappa shape index (κ1) is 19.0. The molecule has 0 N–H and O–H groups in total. The molecule has 4 aliphatic rings. The Balaban J connectivity index is 1.43. The van der Waals surface area contributed by atoms with Gasteiger partial charge < -0.3 is 0 Å². The van der Waals surface area contributed by atoms with Crippen LogP contribution in [0.1, 0.15) is 59.3 Å². The van der Waals surface area contributed by atoms with E-state index in [-0.39, 0.29) is 22.6 Å². The number of Topliss-reactive ketones (excluding diaryl/α,β-unsaturated/α-hetero) is 1. The van der Waals surface area contributed by atoms with Crippen molar-refractivity contribution in [2.75, 3.05) is 5.01 Å². The molecule has 1 heterocycles. The summed E-state index contributed by atoms with van der Waals surface area (Å²) in [7, 11) is 0. The van der Waals surface area contributed by atoms with Crippen molar-refractivity contribution in [2.45, 2.75) is 59.3 Å². The molecule has 3 fully saturated rings. The lowest BCUT2D eigenvalue weighted by atomic mass is 9.48. The van der Waals surface area contributed by atoms with Crippen LogP contribution in [-0.4, -0.2) is 11.5 Å². The number of hydrogen-bond acceptors (Lipinski definition) is 3. The Labute approximate surface area is 173 Å². The number of hydrogen-bond donors (Lipinski definition) is 0. The van der Waals surface area contributed by atoms with Crippen molar-refractivity contribution in [1.82, 2.24) is 0 Å². The quantitative estimate of drug-likeness (QED) is 0.620. The number of nitrogens with zero attached hydrogens (tertiary/aromatic N) is 2. The second-order valence-electron chi connectivity index (χ2n) is 10.2. The molecule has 154 valence electrons. The lowest BCUT2D eigenvalue weighted by Crippen LogP contribution is -2.53. The topological polar surface area (TPSA) is 32.7 Å². The van der Waals surface area contributed by atoms with Crippen molar-refractivity contribution in [3.8, 4) is 0 Å². The van der Waals surface area contributed by atoms with Gasteiger partial charge in [-0.25, -0.2) is 9.40 Å². The van der Waals surface area contributed by atoms with Gasteiger partial charge in [0.15, 0.2) is 0 Å². The van der Waals surface area contributed by atoms with Gasteiger partial charge in [-0.1, -0.05) is 19.9 Å². The maximum atomic E-state index is 13.3. The second-order valence-corrected chi connectivity index (χ2v) is 10.2. The standard InChI is InChI=1S/C25H31FN2O/c1-16(29)20-9-10-21-19-8-11-23-25(3,22(19)12-13-24(20,21)2)14-15-28(27-23)18-6-4-17(26)5-7-18/h4-7,14-15,19-22H,8-13H2,1-3H3/t19-,20+,21-,22-,24+,25+/m0/s1. The van der Waals surface area contributed by atoms with Crippen LogP contribution in [0.5, 0.6) is 0 Å². The fourth-order valence-corrected chi connectivity index (χ4v) is 7.39. The number of allylic oxidation sites excluding steroid dienone is 1. The molecule has 0 radical (unpaired) electrons. The molecular weight excluding hydrogens is 363 g/mol. The van der Waals surface area contributed by atoms with E-state index in [4.69, 9.17) is 5.10 Å². The highest BCUT2D eigenvalue weighted by atomic mass is 19.1. The number of benzene rings is 1. The molecule has 5 rings (SSSR count). The minimum absolute atomic E-state index is 0.00487. The van der Waals surface area contributed by atoms with Crippen molar-refractivity contribution in [2.24, 2.45) is 39.6 Å². The Morgan fingerprint density at radius 2 is 1.86 bits per heavy atom. The Morgan fingerprint density at radius 3 is 2.59 bits per heavy atom. The first-order chi connectivity index (χ1) is 13.8. The van der Waals surface area contributed by atoms with Crippen LogP contribution in [0.2, 0.25) is 0 Å². The van der Waals surface area contributed by atoms with Crippen LogP contribution in [0.15, 0.2) is 41.6 Å². The highest BCUT2D eigenvalue weighted by Crippen LogP contribution is 2.64. The van der Waals surface area contributed by atoms with Gasteiger partial charge in [0.2, 0.25) is 0 Å². The zero-order chi connectivity index (χ0) is 20.4. The molecule has 3 saturated carbocycles. The van der Waals surface area contributed by atoms with Crippen molar-refractivity contribution in [3.05, 3.63) is 42.4 Å². The van der Waals surface area contributed by atoms with Crippen molar-refractivity contribution >= 4 is 17.2 Å². The molecule has 0 unspecified atom stereocenters.